The van der Waals surface area contributed by atoms with E-state index in [2.05, 4.69) is 4.90 Å². The molecule has 0 bridgehead atoms. The van der Waals surface area contributed by atoms with E-state index in [1.165, 1.54) is 32.0 Å². The van der Waals surface area contributed by atoms with E-state index in [1.807, 2.05) is 26.0 Å². The van der Waals surface area contributed by atoms with E-state index in [-0.39, 0.29) is 22.7 Å². The first-order valence-corrected chi connectivity index (χ1v) is 14.4. The number of ether oxygens (including phenoxy) is 5. The Balaban J connectivity index is 1.27. The second-order valence-electron chi connectivity index (χ2n) is 9.96. The van der Waals surface area contributed by atoms with Crippen LogP contribution in [0.3, 0.4) is 0 Å². The fourth-order valence-electron chi connectivity index (χ4n) is 4.63. The maximum atomic E-state index is 13.1. The normalized spacial score (nSPS) is 13.7. The number of carbonyl (C=O) groups excluding carboxylic acids is 1. The number of rotatable bonds is 10. The van der Waals surface area contributed by atoms with Crippen molar-refractivity contribution in [2.24, 2.45) is 0 Å². The average Bonchev–Trinajstić information content (AvgIpc) is 2.98. The highest BCUT2D eigenvalue weighted by atomic mass is 32.2. The van der Waals surface area contributed by atoms with Gasteiger partial charge in [-0.2, -0.15) is 0 Å². The van der Waals surface area contributed by atoms with Crippen molar-refractivity contribution in [2.45, 2.75) is 36.5 Å². The molecule has 9 nitrogen and oxygen atoms in total. The zero-order valence-electron chi connectivity index (χ0n) is 24.0. The van der Waals surface area contributed by atoms with Crippen LogP contribution in [0.25, 0.3) is 11.0 Å². The average molecular weight is 592 g/mol. The molecule has 1 aromatic heterocycles. The van der Waals surface area contributed by atoms with Crippen LogP contribution in [0.5, 0.6) is 23.0 Å². The summed E-state index contributed by atoms with van der Waals surface area (Å²) in [6.45, 7) is 7.91. The van der Waals surface area contributed by atoms with Crippen molar-refractivity contribution in [2.75, 3.05) is 40.5 Å². The number of hydrogen-bond acceptors (Lipinski definition) is 10. The molecule has 1 aliphatic heterocycles. The molecule has 0 unspecified atom stereocenters. The Morgan fingerprint density at radius 1 is 0.952 bits per heavy atom. The van der Waals surface area contributed by atoms with Crippen molar-refractivity contribution >= 4 is 28.7 Å². The predicted molar refractivity (Wildman–Crippen MR) is 159 cm³/mol. The molecule has 0 amide bonds. The van der Waals surface area contributed by atoms with E-state index in [0.29, 0.717) is 33.5 Å². The number of nitrogens with zero attached hydrogens (tertiary/aromatic N) is 1. The minimum atomic E-state index is -0.433. The highest BCUT2D eigenvalue weighted by Gasteiger charge is 2.22. The molecular weight excluding hydrogens is 558 g/mol. The molecule has 1 fully saturated rings. The number of esters is 1. The Kier molecular flexibility index (Phi) is 9.36. The summed E-state index contributed by atoms with van der Waals surface area (Å²) in [5.41, 5.74) is 1.66. The molecule has 0 aliphatic carbocycles. The molecule has 0 atom stereocenters. The summed E-state index contributed by atoms with van der Waals surface area (Å²) in [5, 5.41) is 0.656. The molecule has 0 saturated carbocycles. The lowest BCUT2D eigenvalue weighted by molar-refractivity contribution is 0.0342. The Hall–Kier alpha value is -3.99. The van der Waals surface area contributed by atoms with Gasteiger partial charge in [0.05, 0.1) is 39.1 Å². The molecule has 0 N–H and O–H groups in total. The predicted octanol–water partition coefficient (Wildman–Crippen LogP) is 5.80. The van der Waals surface area contributed by atoms with Crippen LogP contribution >= 0.6 is 11.8 Å². The maximum Gasteiger partial charge on any atom is 0.343 e. The Morgan fingerprint density at radius 3 is 2.29 bits per heavy atom. The lowest BCUT2D eigenvalue weighted by Gasteiger charge is -2.26. The van der Waals surface area contributed by atoms with Gasteiger partial charge in [0, 0.05) is 36.7 Å². The molecule has 4 aromatic rings. The zero-order valence-corrected chi connectivity index (χ0v) is 24.8. The van der Waals surface area contributed by atoms with E-state index in [0.717, 1.165) is 43.3 Å². The third-order valence-corrected chi connectivity index (χ3v) is 7.50. The summed E-state index contributed by atoms with van der Waals surface area (Å²) >= 11 is 1.27. The van der Waals surface area contributed by atoms with Crippen molar-refractivity contribution in [3.05, 3.63) is 82.0 Å². The van der Waals surface area contributed by atoms with Gasteiger partial charge in [0.25, 0.3) is 0 Å². The fraction of sp³-hybridized carbons (Fsp3) is 0.312. The van der Waals surface area contributed by atoms with E-state index in [9.17, 15) is 9.59 Å². The van der Waals surface area contributed by atoms with Crippen LogP contribution in [0.1, 0.15) is 29.8 Å². The van der Waals surface area contributed by atoms with Gasteiger partial charge in [-0.1, -0.05) is 23.9 Å². The molecule has 10 heteroatoms. The van der Waals surface area contributed by atoms with Crippen molar-refractivity contribution in [1.29, 1.82) is 0 Å². The molecule has 1 aliphatic rings. The van der Waals surface area contributed by atoms with Crippen LogP contribution in [-0.4, -0.2) is 57.5 Å². The van der Waals surface area contributed by atoms with Crippen LogP contribution < -0.4 is 24.4 Å². The number of carbonyl (C=O) groups is 1. The molecule has 3 aromatic carbocycles. The van der Waals surface area contributed by atoms with Gasteiger partial charge in [0.2, 0.25) is 5.75 Å². The lowest BCUT2D eigenvalue weighted by Crippen LogP contribution is -2.35. The highest BCUT2D eigenvalue weighted by Crippen LogP contribution is 2.43. The molecule has 0 spiro atoms. The lowest BCUT2D eigenvalue weighted by atomic mass is 10.1. The summed E-state index contributed by atoms with van der Waals surface area (Å²) in [4.78, 5) is 28.9. The number of morpholine rings is 1. The first kappa shape index (κ1) is 29.5. The standard InChI is InChI=1S/C32H33NO8S/c1-20(2)39-27-18-26-29(31(37-4)30(27)36-3)25(34)17-28(41-26)42-24-11-9-23(10-12-24)40-32(35)22-7-5-21(6-8-22)19-33-13-15-38-16-14-33/h5-12,17-18,20H,13-16,19H2,1-4H3. The smallest absolute Gasteiger partial charge is 0.343 e. The van der Waals surface area contributed by atoms with Crippen LogP contribution in [0, 0.1) is 0 Å². The van der Waals surface area contributed by atoms with E-state index >= 15 is 0 Å². The van der Waals surface area contributed by atoms with Crippen molar-refractivity contribution in [3.63, 3.8) is 0 Å². The zero-order chi connectivity index (χ0) is 29.6. The molecule has 1 saturated heterocycles. The third-order valence-electron chi connectivity index (χ3n) is 6.59. The molecule has 5 rings (SSSR count). The minimum absolute atomic E-state index is 0.127. The van der Waals surface area contributed by atoms with Gasteiger partial charge < -0.3 is 28.1 Å². The topological polar surface area (TPSA) is 96.7 Å². The third kappa shape index (κ3) is 6.89. The number of hydrogen-bond donors (Lipinski definition) is 0. The Morgan fingerprint density at radius 2 is 1.64 bits per heavy atom. The van der Waals surface area contributed by atoms with Crippen molar-refractivity contribution in [3.8, 4) is 23.0 Å². The minimum Gasteiger partial charge on any atom is -0.492 e. The first-order valence-electron chi connectivity index (χ1n) is 13.6. The summed E-state index contributed by atoms with van der Waals surface area (Å²) in [5.74, 6) is 0.987. The van der Waals surface area contributed by atoms with Gasteiger partial charge in [-0.25, -0.2) is 4.79 Å². The molecule has 42 heavy (non-hydrogen) atoms. The van der Waals surface area contributed by atoms with Crippen molar-refractivity contribution in [1.82, 2.24) is 4.90 Å². The Labute approximate surface area is 248 Å². The summed E-state index contributed by atoms with van der Waals surface area (Å²) in [6.07, 6.45) is -0.127. The van der Waals surface area contributed by atoms with E-state index < -0.39 is 5.97 Å². The monoisotopic (exact) mass is 591 g/mol. The highest BCUT2D eigenvalue weighted by molar-refractivity contribution is 7.99. The second kappa shape index (κ2) is 13.3. The largest absolute Gasteiger partial charge is 0.492 e. The Bertz CT molecular complexity index is 1590. The maximum absolute atomic E-state index is 13.1. The number of methoxy groups -OCH3 is 2. The van der Waals surface area contributed by atoms with Gasteiger partial charge in [-0.15, -0.1) is 0 Å². The second-order valence-corrected chi connectivity index (χ2v) is 11.0. The van der Waals surface area contributed by atoms with Gasteiger partial charge in [0.1, 0.15) is 16.7 Å². The molecule has 2 heterocycles. The summed E-state index contributed by atoms with van der Waals surface area (Å²) in [7, 11) is 2.96. The van der Waals surface area contributed by atoms with Gasteiger partial charge in [-0.3, -0.25) is 9.69 Å². The van der Waals surface area contributed by atoms with Gasteiger partial charge in [-0.05, 0) is 55.8 Å². The van der Waals surface area contributed by atoms with E-state index in [4.69, 9.17) is 28.1 Å². The fourth-order valence-corrected chi connectivity index (χ4v) is 5.43. The molecule has 220 valence electrons. The van der Waals surface area contributed by atoms with Gasteiger partial charge >= 0.3 is 5.97 Å². The van der Waals surface area contributed by atoms with Gasteiger partial charge in [0.15, 0.2) is 22.0 Å². The van der Waals surface area contributed by atoms with Crippen LogP contribution in [0.15, 0.2) is 79.9 Å². The quantitative estimate of drug-likeness (QED) is 0.166. The van der Waals surface area contributed by atoms with Crippen LogP contribution in [0.2, 0.25) is 0 Å². The number of benzene rings is 3. The number of fused-ring (bicyclic) bond motifs is 1. The summed E-state index contributed by atoms with van der Waals surface area (Å²) in [6, 6.07) is 17.5. The molecular formula is C32H33NO8S. The van der Waals surface area contributed by atoms with Crippen molar-refractivity contribution < 1.29 is 32.9 Å². The first-order chi connectivity index (χ1) is 20.3. The van der Waals surface area contributed by atoms with Crippen LogP contribution in [-0.2, 0) is 11.3 Å². The van der Waals surface area contributed by atoms with Crippen LogP contribution in [0.4, 0.5) is 0 Å². The SMILES string of the molecule is COc1c(OC(C)C)cc2oc(Sc3ccc(OC(=O)c4ccc(CN5CCOCC5)cc4)cc3)cc(=O)c2c1OC. The van der Waals surface area contributed by atoms with E-state index in [1.54, 1.807) is 42.5 Å². The summed E-state index contributed by atoms with van der Waals surface area (Å²) < 4.78 is 33.9. The molecule has 0 radical (unpaired) electrons.